The lowest BCUT2D eigenvalue weighted by Gasteiger charge is -2.21. The third-order valence-electron chi connectivity index (χ3n) is 6.99. The summed E-state index contributed by atoms with van der Waals surface area (Å²) in [6.07, 6.45) is 4.20. The Morgan fingerprint density at radius 2 is 1.95 bits per heavy atom. The minimum Gasteiger partial charge on any atom is -0.384 e. The van der Waals surface area contributed by atoms with Crippen molar-refractivity contribution in [3.8, 4) is 17.2 Å². The number of carbonyl (C=O) groups is 1. The van der Waals surface area contributed by atoms with E-state index in [1.807, 2.05) is 6.07 Å². The Kier molecular flexibility index (Phi) is 6.12. The van der Waals surface area contributed by atoms with E-state index in [1.165, 1.54) is 17.0 Å². The first-order chi connectivity index (χ1) is 17.7. The zero-order chi connectivity index (χ0) is 26.3. The van der Waals surface area contributed by atoms with Crippen LogP contribution in [0.15, 0.2) is 48.5 Å². The van der Waals surface area contributed by atoms with Crippen LogP contribution in [0.3, 0.4) is 0 Å². The molecule has 1 amide bonds. The molecule has 5 rings (SSSR count). The highest BCUT2D eigenvalue weighted by atomic mass is 19.3. The third-order valence-corrected chi connectivity index (χ3v) is 6.99. The molecule has 0 unspecified atom stereocenters. The number of nitriles is 1. The number of nitrogens with zero attached hydrogens (tertiary/aromatic N) is 3. The quantitative estimate of drug-likeness (QED) is 0.304. The maximum absolute atomic E-state index is 14.3. The van der Waals surface area contributed by atoms with Crippen molar-refractivity contribution in [3.63, 3.8) is 0 Å². The molecular formula is C28H26F2N6O. The number of benzene rings is 2. The number of amides is 1. The van der Waals surface area contributed by atoms with Gasteiger partial charge in [-0.1, -0.05) is 25.0 Å². The Morgan fingerprint density at radius 1 is 1.19 bits per heavy atom. The first-order valence-electron chi connectivity index (χ1n) is 12.2. The van der Waals surface area contributed by atoms with Crippen LogP contribution in [0.25, 0.3) is 11.1 Å². The molecule has 0 bridgehead atoms. The van der Waals surface area contributed by atoms with Gasteiger partial charge in [0.2, 0.25) is 0 Å². The van der Waals surface area contributed by atoms with Crippen LogP contribution in [0.1, 0.15) is 65.2 Å². The van der Waals surface area contributed by atoms with Crippen LogP contribution in [-0.4, -0.2) is 22.8 Å². The Labute approximate surface area is 213 Å². The monoisotopic (exact) mass is 500 g/mol. The van der Waals surface area contributed by atoms with E-state index in [4.69, 9.17) is 16.1 Å². The van der Waals surface area contributed by atoms with Gasteiger partial charge in [-0.2, -0.15) is 5.26 Å². The Balaban J connectivity index is 1.63. The van der Waals surface area contributed by atoms with Gasteiger partial charge in [0.25, 0.3) is 11.8 Å². The maximum Gasteiger partial charge on any atom is 0.270 e. The van der Waals surface area contributed by atoms with Gasteiger partial charge in [0.15, 0.2) is 0 Å². The van der Waals surface area contributed by atoms with Crippen LogP contribution < -0.4 is 16.0 Å². The zero-order valence-electron chi connectivity index (χ0n) is 20.3. The minimum atomic E-state index is -3.10. The zero-order valence-corrected chi connectivity index (χ0v) is 20.3. The standard InChI is InChI=1S/C28H26F2N6O/c1-28(29,30)23-8-4-7-20-22(23)15-36(27(20)37)25-13-17(12-24(35-25)34-18-5-2-3-6-18)21-11-16(14-31)9-10-19(21)26(32)33/h4,7-13,18H,2-3,5-6,15H2,1H3,(H3,32,33)(H,34,35). The van der Waals surface area contributed by atoms with Crippen LogP contribution in [0, 0.1) is 16.7 Å². The molecule has 1 saturated carbocycles. The van der Waals surface area contributed by atoms with Crippen LogP contribution in [0.4, 0.5) is 20.4 Å². The molecule has 0 atom stereocenters. The molecule has 1 fully saturated rings. The number of pyridine rings is 1. The molecule has 188 valence electrons. The summed E-state index contributed by atoms with van der Waals surface area (Å²) in [5, 5.41) is 20.9. The Morgan fingerprint density at radius 3 is 2.62 bits per heavy atom. The topological polar surface area (TPSA) is 119 Å². The van der Waals surface area contributed by atoms with E-state index in [9.17, 15) is 18.8 Å². The summed E-state index contributed by atoms with van der Waals surface area (Å²) < 4.78 is 28.6. The Bertz CT molecular complexity index is 1450. The number of nitrogens with one attached hydrogen (secondary N) is 2. The summed E-state index contributed by atoms with van der Waals surface area (Å²) in [7, 11) is 0. The fourth-order valence-electron chi connectivity index (χ4n) is 5.18. The fraction of sp³-hybridized carbons (Fsp3) is 0.286. The lowest BCUT2D eigenvalue weighted by Crippen LogP contribution is -2.25. The van der Waals surface area contributed by atoms with E-state index in [0.29, 0.717) is 33.9 Å². The van der Waals surface area contributed by atoms with Gasteiger partial charge >= 0.3 is 0 Å². The fourth-order valence-corrected chi connectivity index (χ4v) is 5.18. The van der Waals surface area contributed by atoms with Crippen LogP contribution in [-0.2, 0) is 12.5 Å². The molecule has 0 saturated heterocycles. The highest BCUT2D eigenvalue weighted by Gasteiger charge is 2.37. The molecule has 3 aromatic rings. The highest BCUT2D eigenvalue weighted by molar-refractivity contribution is 6.10. The van der Waals surface area contributed by atoms with Gasteiger partial charge in [0.1, 0.15) is 17.5 Å². The van der Waals surface area contributed by atoms with Crippen molar-refractivity contribution in [1.82, 2.24) is 4.98 Å². The van der Waals surface area contributed by atoms with Crippen LogP contribution >= 0.6 is 0 Å². The highest BCUT2D eigenvalue weighted by Crippen LogP contribution is 2.39. The second-order valence-corrected chi connectivity index (χ2v) is 9.62. The number of nitrogen functional groups attached to an aromatic ring is 1. The molecule has 0 radical (unpaired) electrons. The molecule has 37 heavy (non-hydrogen) atoms. The summed E-state index contributed by atoms with van der Waals surface area (Å²) in [6.45, 7) is 0.786. The molecule has 9 heteroatoms. The normalized spacial score (nSPS) is 15.5. The molecule has 2 aliphatic rings. The van der Waals surface area contributed by atoms with E-state index in [2.05, 4.69) is 11.4 Å². The van der Waals surface area contributed by atoms with Gasteiger partial charge in [-0.25, -0.2) is 13.8 Å². The van der Waals surface area contributed by atoms with Crippen molar-refractivity contribution in [3.05, 3.63) is 76.3 Å². The summed E-state index contributed by atoms with van der Waals surface area (Å²) in [5.41, 5.74) is 8.17. The van der Waals surface area contributed by atoms with Crippen molar-refractivity contribution in [2.24, 2.45) is 5.73 Å². The van der Waals surface area contributed by atoms with Gasteiger partial charge in [0.05, 0.1) is 18.2 Å². The number of anilines is 2. The Hall–Kier alpha value is -4.32. The average Bonchev–Trinajstić information content (AvgIpc) is 3.50. The second-order valence-electron chi connectivity index (χ2n) is 9.62. The van der Waals surface area contributed by atoms with E-state index < -0.39 is 11.8 Å². The van der Waals surface area contributed by atoms with Gasteiger partial charge in [-0.15, -0.1) is 0 Å². The van der Waals surface area contributed by atoms with Crippen LogP contribution in [0.5, 0.6) is 0 Å². The van der Waals surface area contributed by atoms with Crippen LogP contribution in [0.2, 0.25) is 0 Å². The first-order valence-corrected chi connectivity index (χ1v) is 12.2. The molecule has 1 aromatic heterocycles. The third kappa shape index (κ3) is 4.62. The summed E-state index contributed by atoms with van der Waals surface area (Å²) in [5.74, 6) is -2.85. The molecule has 1 aliphatic heterocycles. The number of hydrogen-bond acceptors (Lipinski definition) is 5. The van der Waals surface area contributed by atoms with Crippen molar-refractivity contribution in [2.75, 3.05) is 10.2 Å². The SMILES string of the molecule is CC(F)(F)c1cccc2c1CN(c1cc(-c3cc(C#N)ccc3C(=N)N)cc(NC3CCCC3)n1)C2=O. The second kappa shape index (κ2) is 9.28. The number of halogens is 2. The number of hydrogen-bond donors (Lipinski definition) is 3. The van der Waals surface area contributed by atoms with E-state index >= 15 is 0 Å². The van der Waals surface area contributed by atoms with Gasteiger partial charge in [-0.05, 0) is 65.9 Å². The molecule has 2 aromatic carbocycles. The van der Waals surface area contributed by atoms with Gasteiger partial charge < -0.3 is 11.1 Å². The van der Waals surface area contributed by atoms with Gasteiger partial charge in [0, 0.05) is 29.7 Å². The molecule has 0 spiro atoms. The number of fused-ring (bicyclic) bond motifs is 1. The van der Waals surface area contributed by atoms with Gasteiger partial charge in [-0.3, -0.25) is 15.1 Å². The smallest absolute Gasteiger partial charge is 0.270 e. The molecule has 1 aliphatic carbocycles. The van der Waals surface area contributed by atoms with Crippen molar-refractivity contribution < 1.29 is 13.6 Å². The number of carbonyl (C=O) groups excluding carboxylic acids is 1. The molecule has 4 N–H and O–H groups in total. The predicted octanol–water partition coefficient (Wildman–Crippen LogP) is 5.53. The molecule has 7 nitrogen and oxygen atoms in total. The molecular weight excluding hydrogens is 474 g/mol. The maximum atomic E-state index is 14.3. The van der Waals surface area contributed by atoms with E-state index in [1.54, 1.807) is 30.3 Å². The number of rotatable bonds is 6. The average molecular weight is 501 g/mol. The lowest BCUT2D eigenvalue weighted by atomic mass is 9.97. The number of alkyl halides is 2. The summed E-state index contributed by atoms with van der Waals surface area (Å²) in [6, 6.07) is 15.0. The predicted molar refractivity (Wildman–Crippen MR) is 138 cm³/mol. The van der Waals surface area contributed by atoms with Crippen molar-refractivity contribution in [2.45, 2.75) is 51.1 Å². The molecule has 2 heterocycles. The van der Waals surface area contributed by atoms with Crippen molar-refractivity contribution >= 4 is 23.4 Å². The first kappa shape index (κ1) is 24.4. The number of amidine groups is 1. The number of nitrogens with two attached hydrogens (primary N) is 1. The summed E-state index contributed by atoms with van der Waals surface area (Å²) in [4.78, 5) is 19.5. The minimum absolute atomic E-state index is 0.0368. The van der Waals surface area contributed by atoms with E-state index in [-0.39, 0.29) is 35.1 Å². The summed E-state index contributed by atoms with van der Waals surface area (Å²) >= 11 is 0. The lowest BCUT2D eigenvalue weighted by molar-refractivity contribution is 0.0166. The number of aromatic nitrogens is 1. The van der Waals surface area contributed by atoms with E-state index in [0.717, 1.165) is 32.6 Å². The van der Waals surface area contributed by atoms with Crippen molar-refractivity contribution in [1.29, 1.82) is 10.7 Å². The largest absolute Gasteiger partial charge is 0.384 e.